The number of nitrogens with zero attached hydrogens (tertiary/aromatic N) is 3. The second-order valence-electron chi connectivity index (χ2n) is 2.68. The van der Waals surface area contributed by atoms with Crippen LogP contribution in [0.25, 0.3) is 11.1 Å². The van der Waals surface area contributed by atoms with Crippen LogP contribution in [0.1, 0.15) is 0 Å². The molecule has 0 bridgehead atoms. The van der Waals surface area contributed by atoms with Crippen LogP contribution in [0.3, 0.4) is 0 Å². The van der Waals surface area contributed by atoms with E-state index in [1.807, 2.05) is 0 Å². The molecule has 0 fully saturated rings. The second-order valence-corrected chi connectivity index (χ2v) is 2.68. The summed E-state index contributed by atoms with van der Waals surface area (Å²) in [7, 11) is 0. The van der Waals surface area contributed by atoms with Gasteiger partial charge in [0.1, 0.15) is 5.52 Å². The molecule has 76 valence electrons. The van der Waals surface area contributed by atoms with Gasteiger partial charge in [-0.1, -0.05) is 0 Å². The van der Waals surface area contributed by atoms with E-state index < -0.39 is 21.2 Å². The van der Waals surface area contributed by atoms with Crippen LogP contribution in [0.4, 0.5) is 11.4 Å². The van der Waals surface area contributed by atoms with Crippen LogP contribution >= 0.6 is 0 Å². The maximum Gasteiger partial charge on any atom is 0.349 e. The summed E-state index contributed by atoms with van der Waals surface area (Å²) < 4.78 is 4.81. The van der Waals surface area contributed by atoms with Gasteiger partial charge < -0.3 is 4.42 Å². The fourth-order valence-corrected chi connectivity index (χ4v) is 1.17. The summed E-state index contributed by atoms with van der Waals surface area (Å²) >= 11 is 0. The Kier molecular flexibility index (Phi) is 1.82. The van der Waals surface area contributed by atoms with E-state index in [1.165, 1.54) is 0 Å². The molecule has 8 nitrogen and oxygen atoms in total. The molecule has 0 spiro atoms. The van der Waals surface area contributed by atoms with Crippen molar-refractivity contribution in [1.82, 2.24) is 4.98 Å². The van der Waals surface area contributed by atoms with Crippen LogP contribution in [0.5, 0.6) is 0 Å². The average Bonchev–Trinajstić information content (AvgIpc) is 2.61. The van der Waals surface area contributed by atoms with Crippen molar-refractivity contribution in [1.29, 1.82) is 0 Å². The normalized spacial score (nSPS) is 10.4. The van der Waals surface area contributed by atoms with E-state index in [9.17, 15) is 20.2 Å². The lowest BCUT2D eigenvalue weighted by Gasteiger charge is -1.93. The first-order valence-corrected chi connectivity index (χ1v) is 3.75. The number of aromatic nitrogens is 1. The minimum absolute atomic E-state index is 0.146. The van der Waals surface area contributed by atoms with Crippen molar-refractivity contribution < 1.29 is 14.3 Å². The number of hydrogen-bond donors (Lipinski definition) is 0. The molecule has 0 aliphatic carbocycles. The Morgan fingerprint density at radius 3 is 2.33 bits per heavy atom. The highest BCUT2D eigenvalue weighted by Gasteiger charge is 2.26. The zero-order valence-corrected chi connectivity index (χ0v) is 7.11. The van der Waals surface area contributed by atoms with Gasteiger partial charge >= 0.3 is 11.4 Å². The van der Waals surface area contributed by atoms with Gasteiger partial charge in [-0.25, -0.2) is 4.98 Å². The van der Waals surface area contributed by atoms with Gasteiger partial charge in [-0.05, 0) is 0 Å². The van der Waals surface area contributed by atoms with Crippen LogP contribution < -0.4 is 0 Å². The van der Waals surface area contributed by atoms with Crippen LogP contribution in [-0.4, -0.2) is 14.8 Å². The first-order chi connectivity index (χ1) is 7.09. The lowest BCUT2D eigenvalue weighted by molar-refractivity contribution is -0.422. The van der Waals surface area contributed by atoms with E-state index in [-0.39, 0.29) is 11.1 Å². The van der Waals surface area contributed by atoms with Crippen molar-refractivity contribution >= 4 is 22.5 Å². The quantitative estimate of drug-likeness (QED) is 0.548. The number of hydrogen-bond acceptors (Lipinski definition) is 6. The summed E-state index contributed by atoms with van der Waals surface area (Å²) in [4.78, 5) is 23.1. The average molecular weight is 209 g/mol. The molecule has 0 radical (unpaired) electrons. The van der Waals surface area contributed by atoms with Gasteiger partial charge in [-0.15, -0.1) is 0 Å². The molecule has 1 aromatic carbocycles. The standard InChI is InChI=1S/C7H3N3O5/c11-9(12)5-1-4-7(15-3-8-4)2-6(5)10(13)14/h1-3H. The maximum atomic E-state index is 10.5. The number of oxazole rings is 1. The molecule has 15 heavy (non-hydrogen) atoms. The predicted molar refractivity (Wildman–Crippen MR) is 47.3 cm³/mol. The van der Waals surface area contributed by atoms with Gasteiger partial charge in [0.15, 0.2) is 12.0 Å². The molecule has 2 aromatic rings. The molecular formula is C7H3N3O5. The van der Waals surface area contributed by atoms with Gasteiger partial charge in [0.25, 0.3) is 0 Å². The van der Waals surface area contributed by atoms with Gasteiger partial charge in [-0.2, -0.15) is 0 Å². The zero-order valence-electron chi connectivity index (χ0n) is 7.11. The first-order valence-electron chi connectivity index (χ1n) is 3.75. The van der Waals surface area contributed by atoms with E-state index >= 15 is 0 Å². The fraction of sp³-hybridized carbons (Fsp3) is 0. The van der Waals surface area contributed by atoms with E-state index in [0.717, 1.165) is 18.5 Å². The lowest BCUT2D eigenvalue weighted by atomic mass is 10.2. The smallest absolute Gasteiger partial charge is 0.349 e. The SMILES string of the molecule is O=[N+]([O-])c1cc2ncoc2cc1[N+](=O)[O-]. The molecule has 0 amide bonds. The fourth-order valence-electron chi connectivity index (χ4n) is 1.17. The number of fused-ring (bicyclic) bond motifs is 1. The molecule has 0 aliphatic heterocycles. The number of nitro groups is 2. The van der Waals surface area contributed by atoms with Gasteiger partial charge in [-0.3, -0.25) is 20.2 Å². The Hall–Kier alpha value is -2.51. The van der Waals surface area contributed by atoms with Crippen molar-refractivity contribution in [3.8, 4) is 0 Å². The van der Waals surface area contributed by atoms with E-state index in [2.05, 4.69) is 4.98 Å². The lowest BCUT2D eigenvalue weighted by Crippen LogP contribution is -1.96. The molecule has 1 aromatic heterocycles. The molecule has 0 saturated carbocycles. The second kappa shape index (κ2) is 3.01. The predicted octanol–water partition coefficient (Wildman–Crippen LogP) is 1.64. The molecule has 2 rings (SSSR count). The van der Waals surface area contributed by atoms with Gasteiger partial charge in [0.05, 0.1) is 22.0 Å². The molecular weight excluding hydrogens is 206 g/mol. The molecule has 1 heterocycles. The highest BCUT2D eigenvalue weighted by molar-refractivity contribution is 5.80. The van der Waals surface area contributed by atoms with Crippen molar-refractivity contribution in [3.63, 3.8) is 0 Å². The number of benzene rings is 1. The Morgan fingerprint density at radius 1 is 1.13 bits per heavy atom. The number of nitro benzene ring substituents is 2. The molecule has 0 N–H and O–H groups in total. The zero-order chi connectivity index (χ0) is 11.0. The Bertz CT molecular complexity index is 513. The largest absolute Gasteiger partial charge is 0.443 e. The highest BCUT2D eigenvalue weighted by Crippen LogP contribution is 2.30. The monoisotopic (exact) mass is 209 g/mol. The first kappa shape index (κ1) is 9.06. The summed E-state index contributed by atoms with van der Waals surface area (Å²) in [6.07, 6.45) is 1.07. The summed E-state index contributed by atoms with van der Waals surface area (Å²) in [5, 5.41) is 21.1. The molecule has 8 heteroatoms. The van der Waals surface area contributed by atoms with Gasteiger partial charge in [0.2, 0.25) is 0 Å². The summed E-state index contributed by atoms with van der Waals surface area (Å²) in [5.41, 5.74) is -0.842. The summed E-state index contributed by atoms with van der Waals surface area (Å²) in [6.45, 7) is 0. The van der Waals surface area contributed by atoms with Crippen LogP contribution in [0.2, 0.25) is 0 Å². The third-order valence-corrected chi connectivity index (χ3v) is 1.82. The van der Waals surface area contributed by atoms with Crippen molar-refractivity contribution in [2.45, 2.75) is 0 Å². The molecule has 0 aliphatic rings. The molecule has 0 unspecified atom stereocenters. The third kappa shape index (κ3) is 1.37. The maximum absolute atomic E-state index is 10.5. The third-order valence-electron chi connectivity index (χ3n) is 1.82. The topological polar surface area (TPSA) is 112 Å². The van der Waals surface area contributed by atoms with E-state index in [4.69, 9.17) is 4.42 Å². The number of rotatable bonds is 2. The highest BCUT2D eigenvalue weighted by atomic mass is 16.6. The van der Waals surface area contributed by atoms with Crippen molar-refractivity contribution in [2.75, 3.05) is 0 Å². The minimum Gasteiger partial charge on any atom is -0.443 e. The van der Waals surface area contributed by atoms with Crippen molar-refractivity contribution in [2.24, 2.45) is 0 Å². The van der Waals surface area contributed by atoms with Crippen LogP contribution in [0, 0.1) is 20.2 Å². The van der Waals surface area contributed by atoms with Crippen LogP contribution in [-0.2, 0) is 0 Å². The minimum atomic E-state index is -0.833. The van der Waals surface area contributed by atoms with Gasteiger partial charge in [0, 0.05) is 0 Å². The summed E-state index contributed by atoms with van der Waals surface area (Å²) in [5.74, 6) is 0. The Labute approximate surface area is 81.4 Å². The van der Waals surface area contributed by atoms with E-state index in [1.54, 1.807) is 0 Å². The Balaban J connectivity index is 2.79. The Morgan fingerprint density at radius 2 is 1.73 bits per heavy atom. The van der Waals surface area contributed by atoms with E-state index in [0.29, 0.717) is 0 Å². The molecule has 0 saturated heterocycles. The van der Waals surface area contributed by atoms with Crippen molar-refractivity contribution in [3.05, 3.63) is 38.8 Å². The molecule has 0 atom stereocenters. The van der Waals surface area contributed by atoms with Crippen LogP contribution in [0.15, 0.2) is 22.9 Å². The summed E-state index contributed by atoms with van der Waals surface area (Å²) in [6, 6.07) is 2.00.